The number of nitrogens with one attached hydrogen (secondary N) is 2. The van der Waals surface area contributed by atoms with Crippen LogP contribution in [0, 0.1) is 0 Å². The molecule has 2 heterocycles. The van der Waals surface area contributed by atoms with Crippen molar-refractivity contribution in [2.24, 2.45) is 5.10 Å². The van der Waals surface area contributed by atoms with Crippen LogP contribution in [0.15, 0.2) is 95.3 Å². The van der Waals surface area contributed by atoms with E-state index in [0.717, 1.165) is 33.5 Å². The van der Waals surface area contributed by atoms with Crippen LogP contribution in [0.5, 0.6) is 0 Å². The summed E-state index contributed by atoms with van der Waals surface area (Å²) >= 11 is 1.32. The average molecular weight is 509 g/mol. The Balaban J connectivity index is 1.32. The zero-order chi connectivity index (χ0) is 25.8. The molecule has 0 aliphatic carbocycles. The normalized spacial score (nSPS) is 11.9. The summed E-state index contributed by atoms with van der Waals surface area (Å²) in [4.78, 5) is 15.7. The number of hydrogen-bond donors (Lipinski definition) is 2. The van der Waals surface area contributed by atoms with Crippen molar-refractivity contribution in [2.75, 3.05) is 5.75 Å². The minimum Gasteiger partial charge on any atom is -0.361 e. The van der Waals surface area contributed by atoms with Crippen LogP contribution in [-0.2, 0) is 10.2 Å². The summed E-state index contributed by atoms with van der Waals surface area (Å²) in [5.41, 5.74) is 7.76. The standard InChI is InChI=1S/C29H28N6OS/c1-29(2,3)22-15-13-20(14-16-22)27-33-34-28(35(27)23-9-5-4-6-10-23)37-19-26(36)32-31-18-21-17-30-25-12-8-7-11-24(21)25/h4-18,30H,19H2,1-3H3,(H,32,36)/b31-18-. The fourth-order valence-corrected chi connectivity index (χ4v) is 4.76. The van der Waals surface area contributed by atoms with E-state index in [4.69, 9.17) is 0 Å². The highest BCUT2D eigenvalue weighted by Gasteiger charge is 2.19. The number of carbonyl (C=O) groups excluding carboxylic acids is 1. The van der Waals surface area contributed by atoms with Gasteiger partial charge in [-0.2, -0.15) is 5.10 Å². The van der Waals surface area contributed by atoms with Gasteiger partial charge in [0, 0.05) is 33.9 Å². The van der Waals surface area contributed by atoms with E-state index in [1.54, 1.807) is 6.21 Å². The SMILES string of the molecule is CC(C)(C)c1ccc(-c2nnc(SCC(=O)N/N=C\c3c[nH]c4ccccc34)n2-c2ccccc2)cc1. The first kappa shape index (κ1) is 24.5. The largest absolute Gasteiger partial charge is 0.361 e. The fourth-order valence-electron chi connectivity index (χ4n) is 4.02. The van der Waals surface area contributed by atoms with Crippen molar-refractivity contribution >= 4 is 34.8 Å². The summed E-state index contributed by atoms with van der Waals surface area (Å²) in [6.45, 7) is 6.58. The van der Waals surface area contributed by atoms with Crippen molar-refractivity contribution in [1.29, 1.82) is 0 Å². The molecule has 5 rings (SSSR count). The molecule has 186 valence electrons. The molecule has 2 N–H and O–H groups in total. The number of nitrogens with zero attached hydrogens (tertiary/aromatic N) is 4. The zero-order valence-electron chi connectivity index (χ0n) is 21.0. The lowest BCUT2D eigenvalue weighted by Gasteiger charge is -2.19. The third-order valence-electron chi connectivity index (χ3n) is 6.00. The van der Waals surface area contributed by atoms with E-state index in [1.807, 2.05) is 65.4 Å². The van der Waals surface area contributed by atoms with Gasteiger partial charge in [-0.25, -0.2) is 5.43 Å². The van der Waals surface area contributed by atoms with Crippen LogP contribution in [0.3, 0.4) is 0 Å². The topological polar surface area (TPSA) is 88.0 Å². The summed E-state index contributed by atoms with van der Waals surface area (Å²) in [6.07, 6.45) is 3.51. The first-order valence-electron chi connectivity index (χ1n) is 12.0. The lowest BCUT2D eigenvalue weighted by molar-refractivity contribution is -0.118. The van der Waals surface area contributed by atoms with E-state index >= 15 is 0 Å². The number of fused-ring (bicyclic) bond motifs is 1. The molecular formula is C29H28N6OS. The van der Waals surface area contributed by atoms with Crippen LogP contribution in [0.4, 0.5) is 0 Å². The molecule has 5 aromatic rings. The molecule has 0 unspecified atom stereocenters. The number of benzene rings is 3. The van der Waals surface area contributed by atoms with Crippen molar-refractivity contribution in [1.82, 2.24) is 25.2 Å². The molecule has 1 amide bonds. The number of aromatic nitrogens is 4. The van der Waals surface area contributed by atoms with Crippen LogP contribution in [0.2, 0.25) is 0 Å². The van der Waals surface area contributed by atoms with Gasteiger partial charge in [-0.1, -0.05) is 93.2 Å². The molecule has 0 saturated heterocycles. The number of para-hydroxylation sites is 2. The van der Waals surface area contributed by atoms with Crippen LogP contribution >= 0.6 is 11.8 Å². The number of carbonyl (C=O) groups is 1. The number of hydrogen-bond acceptors (Lipinski definition) is 5. The number of thioether (sulfide) groups is 1. The molecule has 0 fully saturated rings. The molecule has 0 atom stereocenters. The van der Waals surface area contributed by atoms with Crippen molar-refractivity contribution in [3.05, 3.63) is 96.2 Å². The molecule has 0 bridgehead atoms. The Bertz CT molecular complexity index is 1550. The van der Waals surface area contributed by atoms with Crippen molar-refractivity contribution < 1.29 is 4.79 Å². The predicted molar refractivity (Wildman–Crippen MR) is 150 cm³/mol. The average Bonchev–Trinajstić information content (AvgIpc) is 3.52. The molecule has 0 aliphatic rings. The molecule has 0 radical (unpaired) electrons. The van der Waals surface area contributed by atoms with Gasteiger partial charge in [0.15, 0.2) is 11.0 Å². The Hall–Kier alpha value is -4.17. The maximum atomic E-state index is 12.6. The summed E-state index contributed by atoms with van der Waals surface area (Å²) in [5.74, 6) is 0.658. The van der Waals surface area contributed by atoms with Crippen molar-refractivity contribution in [3.8, 4) is 17.1 Å². The Morgan fingerprint density at radius 1 is 1.00 bits per heavy atom. The monoisotopic (exact) mass is 508 g/mol. The highest BCUT2D eigenvalue weighted by molar-refractivity contribution is 7.99. The van der Waals surface area contributed by atoms with E-state index in [1.165, 1.54) is 17.3 Å². The third-order valence-corrected chi connectivity index (χ3v) is 6.93. The number of H-pyrrole nitrogens is 1. The van der Waals surface area contributed by atoms with Gasteiger partial charge in [-0.3, -0.25) is 9.36 Å². The quantitative estimate of drug-likeness (QED) is 0.161. The van der Waals surface area contributed by atoms with Crippen LogP contribution in [-0.4, -0.2) is 37.6 Å². The maximum absolute atomic E-state index is 12.6. The van der Waals surface area contributed by atoms with Gasteiger partial charge in [-0.05, 0) is 29.2 Å². The molecule has 3 aromatic carbocycles. The summed E-state index contributed by atoms with van der Waals surface area (Å²) < 4.78 is 1.99. The van der Waals surface area contributed by atoms with E-state index in [0.29, 0.717) is 5.16 Å². The Morgan fingerprint density at radius 2 is 1.73 bits per heavy atom. The van der Waals surface area contributed by atoms with Crippen LogP contribution < -0.4 is 5.43 Å². The van der Waals surface area contributed by atoms with Crippen LogP contribution in [0.1, 0.15) is 31.9 Å². The van der Waals surface area contributed by atoms with Gasteiger partial charge in [0.25, 0.3) is 5.91 Å². The van der Waals surface area contributed by atoms with E-state index in [-0.39, 0.29) is 17.1 Å². The minimum atomic E-state index is -0.222. The Labute approximate surface area is 220 Å². The molecule has 7 nitrogen and oxygen atoms in total. The Kier molecular flexibility index (Phi) is 6.92. The number of rotatable bonds is 7. The van der Waals surface area contributed by atoms with Crippen molar-refractivity contribution in [3.63, 3.8) is 0 Å². The number of hydrazone groups is 1. The molecule has 0 aliphatic heterocycles. The molecule has 37 heavy (non-hydrogen) atoms. The van der Waals surface area contributed by atoms with Gasteiger partial charge in [-0.15, -0.1) is 10.2 Å². The predicted octanol–water partition coefficient (Wildman–Crippen LogP) is 5.96. The van der Waals surface area contributed by atoms with Gasteiger partial charge in [0.1, 0.15) is 0 Å². The molecule has 0 spiro atoms. The minimum absolute atomic E-state index is 0.0662. The number of aromatic amines is 1. The smallest absolute Gasteiger partial charge is 0.250 e. The number of amides is 1. The highest BCUT2D eigenvalue weighted by Crippen LogP contribution is 2.30. The summed E-state index contributed by atoms with van der Waals surface area (Å²) in [7, 11) is 0. The van der Waals surface area contributed by atoms with Gasteiger partial charge < -0.3 is 4.98 Å². The van der Waals surface area contributed by atoms with E-state index < -0.39 is 0 Å². The summed E-state index contributed by atoms with van der Waals surface area (Å²) in [6, 6.07) is 26.3. The fraction of sp³-hybridized carbons (Fsp3) is 0.172. The second kappa shape index (κ2) is 10.4. The molecular weight excluding hydrogens is 480 g/mol. The second-order valence-corrected chi connectivity index (χ2v) is 10.6. The van der Waals surface area contributed by atoms with Gasteiger partial charge in [0.2, 0.25) is 0 Å². The molecule has 8 heteroatoms. The van der Waals surface area contributed by atoms with Crippen molar-refractivity contribution in [2.45, 2.75) is 31.3 Å². The van der Waals surface area contributed by atoms with Crippen LogP contribution in [0.25, 0.3) is 28.0 Å². The van der Waals surface area contributed by atoms with E-state index in [9.17, 15) is 4.79 Å². The lowest BCUT2D eigenvalue weighted by Crippen LogP contribution is -2.20. The second-order valence-electron chi connectivity index (χ2n) is 9.68. The van der Waals surface area contributed by atoms with Gasteiger partial charge >= 0.3 is 0 Å². The maximum Gasteiger partial charge on any atom is 0.250 e. The Morgan fingerprint density at radius 3 is 2.49 bits per heavy atom. The lowest BCUT2D eigenvalue weighted by atomic mass is 9.87. The first-order valence-corrected chi connectivity index (χ1v) is 13.0. The molecule has 0 saturated carbocycles. The first-order chi connectivity index (χ1) is 17.9. The molecule has 2 aromatic heterocycles. The van der Waals surface area contributed by atoms with Gasteiger partial charge in [0.05, 0.1) is 12.0 Å². The third kappa shape index (κ3) is 5.49. The highest BCUT2D eigenvalue weighted by atomic mass is 32.2. The summed E-state index contributed by atoms with van der Waals surface area (Å²) in [5, 5.41) is 14.7. The zero-order valence-corrected chi connectivity index (χ0v) is 21.8. The van der Waals surface area contributed by atoms with E-state index in [2.05, 4.69) is 70.7 Å².